The molecular formula is C16H26INO. The van der Waals surface area contributed by atoms with Gasteiger partial charge in [-0.05, 0) is 60.2 Å². The van der Waals surface area contributed by atoms with Crippen molar-refractivity contribution >= 4 is 22.6 Å². The Hall–Kier alpha value is -0.130. The van der Waals surface area contributed by atoms with Gasteiger partial charge in [-0.3, -0.25) is 0 Å². The maximum atomic E-state index is 10.4. The number of rotatable bonds is 9. The molecule has 0 heterocycles. The molecule has 0 unspecified atom stereocenters. The number of benzene rings is 1. The van der Waals surface area contributed by atoms with Crippen molar-refractivity contribution in [3.63, 3.8) is 0 Å². The number of aliphatic hydroxyl groups excluding tert-OH is 1. The zero-order valence-corrected chi connectivity index (χ0v) is 14.3. The van der Waals surface area contributed by atoms with Crippen LogP contribution in [-0.4, -0.2) is 29.6 Å². The molecule has 1 N–H and O–H groups in total. The van der Waals surface area contributed by atoms with Gasteiger partial charge in [0.2, 0.25) is 0 Å². The number of nitrogens with zero attached hydrogens (tertiary/aromatic N) is 1. The zero-order chi connectivity index (χ0) is 14.1. The first-order chi connectivity index (χ1) is 9.19. The van der Waals surface area contributed by atoms with Crippen LogP contribution in [0.1, 0.15) is 51.2 Å². The molecule has 0 aliphatic rings. The van der Waals surface area contributed by atoms with Crippen LogP contribution < -0.4 is 0 Å². The Balaban J connectivity index is 2.59. The third-order valence-electron chi connectivity index (χ3n) is 3.35. The van der Waals surface area contributed by atoms with Crippen molar-refractivity contribution in [2.75, 3.05) is 19.6 Å². The van der Waals surface area contributed by atoms with E-state index in [1.807, 2.05) is 18.2 Å². The lowest BCUT2D eigenvalue weighted by molar-refractivity contribution is 0.110. The lowest BCUT2D eigenvalue weighted by Gasteiger charge is -2.25. The summed E-state index contributed by atoms with van der Waals surface area (Å²) in [7, 11) is 0. The molecule has 0 aliphatic heterocycles. The molecule has 0 saturated heterocycles. The van der Waals surface area contributed by atoms with Crippen LogP contribution in [-0.2, 0) is 0 Å². The maximum Gasteiger partial charge on any atom is 0.0927 e. The standard InChI is InChI=1S/C16H26INO/c1-3-5-11-18(12-6-4-2)13-16(19)14-9-7-8-10-15(14)17/h7-10,16,19H,3-6,11-13H2,1-2H3/t16-/m0/s1. The summed E-state index contributed by atoms with van der Waals surface area (Å²) in [5.74, 6) is 0. The second kappa shape index (κ2) is 9.72. The van der Waals surface area contributed by atoms with Gasteiger partial charge in [-0.2, -0.15) is 0 Å². The fraction of sp³-hybridized carbons (Fsp3) is 0.625. The number of unbranched alkanes of at least 4 members (excludes halogenated alkanes) is 2. The summed E-state index contributed by atoms with van der Waals surface area (Å²) in [4.78, 5) is 2.40. The van der Waals surface area contributed by atoms with Crippen LogP contribution in [0.5, 0.6) is 0 Å². The van der Waals surface area contributed by atoms with Crippen molar-refractivity contribution in [2.45, 2.75) is 45.6 Å². The lowest BCUT2D eigenvalue weighted by Crippen LogP contribution is -2.31. The zero-order valence-electron chi connectivity index (χ0n) is 12.1. The van der Waals surface area contributed by atoms with Crippen LogP contribution in [0.3, 0.4) is 0 Å². The summed E-state index contributed by atoms with van der Waals surface area (Å²) in [5, 5.41) is 10.4. The minimum Gasteiger partial charge on any atom is -0.387 e. The monoisotopic (exact) mass is 375 g/mol. The van der Waals surface area contributed by atoms with Crippen LogP contribution in [0.2, 0.25) is 0 Å². The Labute approximate surface area is 131 Å². The van der Waals surface area contributed by atoms with Crippen LogP contribution in [0, 0.1) is 3.57 Å². The molecule has 0 amide bonds. The number of hydrogen-bond acceptors (Lipinski definition) is 2. The van der Waals surface area contributed by atoms with Crippen LogP contribution in [0.4, 0.5) is 0 Å². The van der Waals surface area contributed by atoms with Crippen molar-refractivity contribution in [1.29, 1.82) is 0 Å². The van der Waals surface area contributed by atoms with E-state index in [4.69, 9.17) is 0 Å². The quantitative estimate of drug-likeness (QED) is 0.653. The summed E-state index contributed by atoms with van der Waals surface area (Å²) >= 11 is 2.30. The smallest absolute Gasteiger partial charge is 0.0927 e. The Morgan fingerprint density at radius 3 is 2.21 bits per heavy atom. The molecule has 108 valence electrons. The highest BCUT2D eigenvalue weighted by molar-refractivity contribution is 14.1. The van der Waals surface area contributed by atoms with E-state index in [1.165, 1.54) is 25.7 Å². The normalized spacial score (nSPS) is 12.9. The van der Waals surface area contributed by atoms with Crippen LogP contribution >= 0.6 is 22.6 Å². The highest BCUT2D eigenvalue weighted by Gasteiger charge is 2.14. The van der Waals surface area contributed by atoms with E-state index >= 15 is 0 Å². The second-order valence-electron chi connectivity index (χ2n) is 5.05. The summed E-state index contributed by atoms with van der Waals surface area (Å²) in [6, 6.07) is 8.11. The van der Waals surface area contributed by atoms with Crippen molar-refractivity contribution in [1.82, 2.24) is 4.90 Å². The fourth-order valence-corrected chi connectivity index (χ4v) is 2.89. The first kappa shape index (κ1) is 16.9. The molecule has 0 saturated carbocycles. The minimum atomic E-state index is -0.373. The van der Waals surface area contributed by atoms with Gasteiger partial charge in [-0.1, -0.05) is 44.9 Å². The van der Waals surface area contributed by atoms with E-state index in [9.17, 15) is 5.11 Å². The molecule has 0 aromatic heterocycles. The summed E-state index contributed by atoms with van der Waals surface area (Å²) in [5.41, 5.74) is 1.06. The fourth-order valence-electron chi connectivity index (χ4n) is 2.15. The molecular weight excluding hydrogens is 349 g/mol. The molecule has 0 spiro atoms. The number of aliphatic hydroxyl groups is 1. The Kier molecular flexibility index (Phi) is 8.66. The van der Waals surface area contributed by atoms with Gasteiger partial charge in [0.15, 0.2) is 0 Å². The highest BCUT2D eigenvalue weighted by atomic mass is 127. The van der Waals surface area contributed by atoms with Crippen molar-refractivity contribution in [2.24, 2.45) is 0 Å². The topological polar surface area (TPSA) is 23.5 Å². The van der Waals surface area contributed by atoms with E-state index in [0.29, 0.717) is 0 Å². The lowest BCUT2D eigenvalue weighted by atomic mass is 10.1. The molecule has 0 bridgehead atoms. The summed E-state index contributed by atoms with van der Waals surface area (Å²) in [6.07, 6.45) is 4.47. The van der Waals surface area contributed by atoms with Crippen LogP contribution in [0.25, 0.3) is 0 Å². The van der Waals surface area contributed by atoms with Gasteiger partial charge in [0, 0.05) is 10.1 Å². The van der Waals surface area contributed by atoms with Crippen molar-refractivity contribution < 1.29 is 5.11 Å². The molecule has 0 fully saturated rings. The molecule has 0 aliphatic carbocycles. The summed E-state index contributed by atoms with van der Waals surface area (Å²) in [6.45, 7) is 7.37. The van der Waals surface area contributed by atoms with Gasteiger partial charge in [0.25, 0.3) is 0 Å². The van der Waals surface area contributed by atoms with Gasteiger partial charge in [0.05, 0.1) is 6.10 Å². The molecule has 19 heavy (non-hydrogen) atoms. The Morgan fingerprint density at radius 2 is 1.68 bits per heavy atom. The van der Waals surface area contributed by atoms with Crippen molar-refractivity contribution in [3.05, 3.63) is 33.4 Å². The van der Waals surface area contributed by atoms with Gasteiger partial charge >= 0.3 is 0 Å². The molecule has 2 nitrogen and oxygen atoms in total. The van der Waals surface area contributed by atoms with Crippen LogP contribution in [0.15, 0.2) is 24.3 Å². The van der Waals surface area contributed by atoms with E-state index in [1.54, 1.807) is 0 Å². The third kappa shape index (κ3) is 6.23. The molecule has 1 aromatic rings. The van der Waals surface area contributed by atoms with E-state index in [2.05, 4.69) is 47.4 Å². The minimum absolute atomic E-state index is 0.373. The molecule has 1 aromatic carbocycles. The molecule has 3 heteroatoms. The van der Waals surface area contributed by atoms with E-state index in [-0.39, 0.29) is 6.10 Å². The number of halogens is 1. The second-order valence-corrected chi connectivity index (χ2v) is 6.21. The van der Waals surface area contributed by atoms with Gasteiger partial charge in [-0.15, -0.1) is 0 Å². The van der Waals surface area contributed by atoms with Gasteiger partial charge in [-0.25, -0.2) is 0 Å². The largest absolute Gasteiger partial charge is 0.387 e. The van der Waals surface area contributed by atoms with Gasteiger partial charge < -0.3 is 10.0 Å². The first-order valence-electron chi connectivity index (χ1n) is 7.33. The maximum absolute atomic E-state index is 10.4. The highest BCUT2D eigenvalue weighted by Crippen LogP contribution is 2.21. The van der Waals surface area contributed by atoms with Crippen molar-refractivity contribution in [3.8, 4) is 0 Å². The molecule has 1 rings (SSSR count). The third-order valence-corrected chi connectivity index (χ3v) is 4.33. The average molecular weight is 375 g/mol. The first-order valence-corrected chi connectivity index (χ1v) is 8.41. The number of hydrogen-bond donors (Lipinski definition) is 1. The van der Waals surface area contributed by atoms with E-state index in [0.717, 1.165) is 28.8 Å². The molecule has 0 radical (unpaired) electrons. The van der Waals surface area contributed by atoms with E-state index < -0.39 is 0 Å². The Morgan fingerprint density at radius 1 is 1.11 bits per heavy atom. The van der Waals surface area contributed by atoms with Gasteiger partial charge in [0.1, 0.15) is 0 Å². The SMILES string of the molecule is CCCCN(CCCC)C[C@H](O)c1ccccc1I. The predicted molar refractivity (Wildman–Crippen MR) is 90.4 cm³/mol. The summed E-state index contributed by atoms with van der Waals surface area (Å²) < 4.78 is 1.15. The molecule has 1 atom stereocenters. The predicted octanol–water partition coefficient (Wildman–Crippen LogP) is 4.23. The Bertz CT molecular complexity index is 348. The average Bonchev–Trinajstić information content (AvgIpc) is 2.42.